The van der Waals surface area contributed by atoms with Crippen molar-refractivity contribution in [3.8, 4) is 0 Å². The molecule has 0 bridgehead atoms. The number of piperidine rings is 1. The first kappa shape index (κ1) is 18.0. The van der Waals surface area contributed by atoms with Gasteiger partial charge in [-0.3, -0.25) is 15.1 Å². The van der Waals surface area contributed by atoms with Crippen LogP contribution in [0.5, 0.6) is 0 Å². The molecule has 3 aliphatic heterocycles. The number of hydrogen-bond acceptors (Lipinski definition) is 4. The molecule has 0 aliphatic carbocycles. The zero-order valence-electron chi connectivity index (χ0n) is 15.1. The van der Waals surface area contributed by atoms with Crippen LogP contribution in [0.2, 0.25) is 0 Å². The molecule has 3 rings (SSSR count). The number of amides is 3. The number of nitrogens with one attached hydrogen (secondary N) is 3. The lowest BCUT2D eigenvalue weighted by Gasteiger charge is -2.40. The van der Waals surface area contributed by atoms with Gasteiger partial charge in [-0.05, 0) is 44.4 Å². The summed E-state index contributed by atoms with van der Waals surface area (Å²) in [6, 6.07) is -0.385. The first-order valence-electron chi connectivity index (χ1n) is 9.20. The Morgan fingerprint density at radius 1 is 1.28 bits per heavy atom. The van der Waals surface area contributed by atoms with Gasteiger partial charge in [0.1, 0.15) is 5.54 Å². The summed E-state index contributed by atoms with van der Waals surface area (Å²) < 4.78 is 5.40. The molecule has 1 atom stereocenters. The minimum absolute atomic E-state index is 0.142. The molecule has 3 N–H and O–H groups in total. The van der Waals surface area contributed by atoms with Crippen LogP contribution in [0, 0.1) is 11.8 Å². The maximum Gasteiger partial charge on any atom is 0.322 e. The van der Waals surface area contributed by atoms with E-state index < -0.39 is 5.54 Å². The molecule has 25 heavy (non-hydrogen) atoms. The van der Waals surface area contributed by atoms with Gasteiger partial charge >= 0.3 is 6.03 Å². The molecular formula is C17H29N5O3. The van der Waals surface area contributed by atoms with Gasteiger partial charge in [-0.25, -0.2) is 4.79 Å². The number of carbonyl (C=O) groups is 2. The molecule has 3 saturated heterocycles. The Morgan fingerprint density at radius 2 is 1.96 bits per heavy atom. The minimum Gasteiger partial charge on any atom is -0.381 e. The summed E-state index contributed by atoms with van der Waals surface area (Å²) in [6.45, 7) is 6.11. The van der Waals surface area contributed by atoms with Gasteiger partial charge in [0.2, 0.25) is 0 Å². The van der Waals surface area contributed by atoms with Crippen molar-refractivity contribution in [3.63, 3.8) is 0 Å². The standard InChI is InChI=1S/C17H29N5O3/c1-17(14(23)20-16(24)21-17)13-3-7-22(8-4-13)15(18-2)19-11-12-5-9-25-10-6-12/h12-13H,3-11H2,1-2H3,(H,18,19)(H2,20,21,23,24). The molecule has 0 spiro atoms. The maximum absolute atomic E-state index is 12.1. The number of likely N-dealkylation sites (tertiary alicyclic amines) is 1. The summed E-state index contributed by atoms with van der Waals surface area (Å²) >= 11 is 0. The molecule has 0 aromatic heterocycles. The zero-order valence-corrected chi connectivity index (χ0v) is 15.1. The number of urea groups is 1. The fraction of sp³-hybridized carbons (Fsp3) is 0.824. The molecule has 3 aliphatic rings. The molecule has 0 saturated carbocycles. The summed E-state index contributed by atoms with van der Waals surface area (Å²) in [4.78, 5) is 30.2. The van der Waals surface area contributed by atoms with Crippen molar-refractivity contribution in [3.05, 3.63) is 0 Å². The van der Waals surface area contributed by atoms with E-state index in [1.165, 1.54) is 0 Å². The van der Waals surface area contributed by atoms with Gasteiger partial charge in [-0.1, -0.05) is 0 Å². The molecule has 0 radical (unpaired) electrons. The van der Waals surface area contributed by atoms with Gasteiger partial charge in [-0.2, -0.15) is 0 Å². The van der Waals surface area contributed by atoms with E-state index in [4.69, 9.17) is 4.74 Å². The molecule has 1 unspecified atom stereocenters. The number of imide groups is 1. The van der Waals surface area contributed by atoms with E-state index in [1.807, 2.05) is 14.0 Å². The minimum atomic E-state index is -0.789. The first-order valence-corrected chi connectivity index (χ1v) is 9.20. The SMILES string of the molecule is CN=C(NCC1CCOCC1)N1CCC(C2(C)NC(=O)NC2=O)CC1. The van der Waals surface area contributed by atoms with Crippen LogP contribution < -0.4 is 16.0 Å². The predicted molar refractivity (Wildman–Crippen MR) is 94.3 cm³/mol. The van der Waals surface area contributed by atoms with Crippen LogP contribution in [0.15, 0.2) is 4.99 Å². The van der Waals surface area contributed by atoms with Gasteiger partial charge in [0.25, 0.3) is 5.91 Å². The Morgan fingerprint density at radius 3 is 2.52 bits per heavy atom. The van der Waals surface area contributed by atoms with Crippen LogP contribution >= 0.6 is 0 Å². The van der Waals surface area contributed by atoms with Crippen molar-refractivity contribution < 1.29 is 14.3 Å². The third kappa shape index (κ3) is 3.89. The Balaban J connectivity index is 1.50. The van der Waals surface area contributed by atoms with Crippen LogP contribution in [-0.2, 0) is 9.53 Å². The van der Waals surface area contributed by atoms with Crippen molar-refractivity contribution in [1.29, 1.82) is 0 Å². The highest BCUT2D eigenvalue weighted by Crippen LogP contribution is 2.30. The summed E-state index contributed by atoms with van der Waals surface area (Å²) in [5.41, 5.74) is -0.789. The second-order valence-corrected chi connectivity index (χ2v) is 7.36. The third-order valence-electron chi connectivity index (χ3n) is 5.78. The second-order valence-electron chi connectivity index (χ2n) is 7.36. The van der Waals surface area contributed by atoms with Crippen LogP contribution in [0.1, 0.15) is 32.6 Å². The molecule has 8 nitrogen and oxygen atoms in total. The lowest BCUT2D eigenvalue weighted by Crippen LogP contribution is -2.55. The van der Waals surface area contributed by atoms with Crippen molar-refractivity contribution in [2.75, 3.05) is 39.9 Å². The second kappa shape index (κ2) is 7.59. The molecule has 3 heterocycles. The van der Waals surface area contributed by atoms with E-state index in [1.54, 1.807) is 0 Å². The first-order chi connectivity index (χ1) is 12.0. The highest BCUT2D eigenvalue weighted by molar-refractivity contribution is 6.07. The number of nitrogens with zero attached hydrogens (tertiary/aromatic N) is 2. The topological polar surface area (TPSA) is 95.1 Å². The predicted octanol–water partition coefficient (Wildman–Crippen LogP) is 0.299. The molecule has 3 amide bonds. The highest BCUT2D eigenvalue weighted by Gasteiger charge is 2.48. The molecular weight excluding hydrogens is 322 g/mol. The van der Waals surface area contributed by atoms with E-state index >= 15 is 0 Å². The van der Waals surface area contributed by atoms with Crippen LogP contribution in [0.25, 0.3) is 0 Å². The van der Waals surface area contributed by atoms with Crippen LogP contribution in [0.4, 0.5) is 4.79 Å². The van der Waals surface area contributed by atoms with E-state index in [0.717, 1.165) is 64.5 Å². The van der Waals surface area contributed by atoms with E-state index in [9.17, 15) is 9.59 Å². The molecule has 8 heteroatoms. The zero-order chi connectivity index (χ0) is 17.9. The third-order valence-corrected chi connectivity index (χ3v) is 5.78. The summed E-state index contributed by atoms with van der Waals surface area (Å²) in [7, 11) is 1.81. The van der Waals surface area contributed by atoms with Gasteiger partial charge < -0.3 is 20.3 Å². The van der Waals surface area contributed by atoms with Gasteiger partial charge in [0.15, 0.2) is 5.96 Å². The average molecular weight is 351 g/mol. The summed E-state index contributed by atoms with van der Waals surface area (Å²) in [6.07, 6.45) is 3.89. The number of ether oxygens (including phenoxy) is 1. The highest BCUT2D eigenvalue weighted by atomic mass is 16.5. The smallest absolute Gasteiger partial charge is 0.322 e. The van der Waals surface area contributed by atoms with Gasteiger partial charge in [-0.15, -0.1) is 0 Å². The van der Waals surface area contributed by atoms with Crippen molar-refractivity contribution >= 4 is 17.9 Å². The maximum atomic E-state index is 12.1. The van der Waals surface area contributed by atoms with E-state index in [0.29, 0.717) is 5.92 Å². The number of carbonyl (C=O) groups excluding carboxylic acids is 2. The lowest BCUT2D eigenvalue weighted by molar-refractivity contribution is -0.125. The fourth-order valence-corrected chi connectivity index (χ4v) is 4.03. The van der Waals surface area contributed by atoms with Crippen molar-refractivity contribution in [1.82, 2.24) is 20.9 Å². The number of hydrogen-bond donors (Lipinski definition) is 3. The normalized spacial score (nSPS) is 29.5. The van der Waals surface area contributed by atoms with E-state index in [2.05, 4.69) is 25.8 Å². The molecule has 0 aromatic carbocycles. The quantitative estimate of drug-likeness (QED) is 0.386. The van der Waals surface area contributed by atoms with Crippen LogP contribution in [-0.4, -0.2) is 68.2 Å². The summed E-state index contributed by atoms with van der Waals surface area (Å²) in [5.74, 6) is 1.50. The van der Waals surface area contributed by atoms with Crippen LogP contribution in [0.3, 0.4) is 0 Å². The average Bonchev–Trinajstić information content (AvgIpc) is 2.90. The Kier molecular flexibility index (Phi) is 5.46. The monoisotopic (exact) mass is 351 g/mol. The lowest BCUT2D eigenvalue weighted by atomic mass is 9.79. The number of guanidine groups is 1. The molecule has 3 fully saturated rings. The van der Waals surface area contributed by atoms with E-state index in [-0.39, 0.29) is 17.9 Å². The van der Waals surface area contributed by atoms with Crippen molar-refractivity contribution in [2.45, 2.75) is 38.1 Å². The Hall–Kier alpha value is -1.83. The number of rotatable bonds is 3. The Bertz CT molecular complexity index is 538. The van der Waals surface area contributed by atoms with Gasteiger partial charge in [0.05, 0.1) is 0 Å². The molecule has 0 aromatic rings. The number of aliphatic imine (C=N–C) groups is 1. The van der Waals surface area contributed by atoms with Crippen molar-refractivity contribution in [2.24, 2.45) is 16.8 Å². The summed E-state index contributed by atoms with van der Waals surface area (Å²) in [5, 5.41) is 8.65. The molecule has 140 valence electrons. The Labute approximate surface area is 148 Å². The fourth-order valence-electron chi connectivity index (χ4n) is 4.03. The largest absolute Gasteiger partial charge is 0.381 e. The van der Waals surface area contributed by atoms with Gasteiger partial charge in [0, 0.05) is 39.9 Å².